The predicted molar refractivity (Wildman–Crippen MR) is 87.7 cm³/mol. The van der Waals surface area contributed by atoms with E-state index in [2.05, 4.69) is 53.2 Å². The molecule has 0 aromatic heterocycles. The van der Waals surface area contributed by atoms with E-state index in [1.807, 2.05) is 6.07 Å². The van der Waals surface area contributed by atoms with Gasteiger partial charge >= 0.3 is 0 Å². The molecular formula is C18H26N2O. The number of amides is 1. The number of benzene rings is 1. The lowest BCUT2D eigenvalue weighted by Crippen LogP contribution is -2.30. The van der Waals surface area contributed by atoms with Crippen LogP contribution in [0.1, 0.15) is 38.7 Å². The topological polar surface area (TPSA) is 32.3 Å². The molecule has 0 spiro atoms. The highest BCUT2D eigenvalue weighted by Gasteiger charge is 2.05. The number of carbonyl (C=O) groups is 1. The van der Waals surface area contributed by atoms with Crippen LogP contribution in [0.4, 0.5) is 0 Å². The van der Waals surface area contributed by atoms with Crippen LogP contribution in [0.5, 0.6) is 0 Å². The van der Waals surface area contributed by atoms with E-state index in [4.69, 9.17) is 0 Å². The minimum absolute atomic E-state index is 0.180. The Balaban J connectivity index is 2.35. The maximum Gasteiger partial charge on any atom is 0.295 e. The lowest BCUT2D eigenvalue weighted by atomic mass is 10.2. The Bertz CT molecular complexity index is 459. The van der Waals surface area contributed by atoms with E-state index in [1.54, 1.807) is 6.92 Å². The summed E-state index contributed by atoms with van der Waals surface area (Å²) >= 11 is 0. The van der Waals surface area contributed by atoms with Gasteiger partial charge in [-0.05, 0) is 37.8 Å². The van der Waals surface area contributed by atoms with Crippen LogP contribution in [-0.4, -0.2) is 30.4 Å². The predicted octanol–water partition coefficient (Wildman–Crippen LogP) is 2.82. The van der Waals surface area contributed by atoms with E-state index in [9.17, 15) is 4.79 Å². The van der Waals surface area contributed by atoms with Crippen LogP contribution in [0, 0.1) is 11.8 Å². The van der Waals surface area contributed by atoms with Crippen molar-refractivity contribution in [3.63, 3.8) is 0 Å². The highest BCUT2D eigenvalue weighted by Crippen LogP contribution is 2.06. The number of unbranched alkanes of at least 4 members (excludes halogenated alkanes) is 1. The van der Waals surface area contributed by atoms with Gasteiger partial charge in [-0.15, -0.1) is 0 Å². The lowest BCUT2D eigenvalue weighted by molar-refractivity contribution is -0.115. The van der Waals surface area contributed by atoms with Gasteiger partial charge in [-0.3, -0.25) is 9.69 Å². The summed E-state index contributed by atoms with van der Waals surface area (Å²) in [6.45, 7) is 7.65. The number of hydrogen-bond donors (Lipinski definition) is 1. The Hall–Kier alpha value is -1.79. The summed E-state index contributed by atoms with van der Waals surface area (Å²) in [5, 5.41) is 2.82. The standard InChI is InChI=1S/C18H26N2O/c1-3-5-14-20(16-17-11-7-6-8-12-17)15-9-13-19-18(21)10-4-2/h6-8,11-12H,3,5,9,13-16H2,1-2H3,(H,19,21). The van der Waals surface area contributed by atoms with Crippen molar-refractivity contribution in [1.82, 2.24) is 10.2 Å². The molecular weight excluding hydrogens is 260 g/mol. The summed E-state index contributed by atoms with van der Waals surface area (Å²) in [6.07, 6.45) is 3.36. The van der Waals surface area contributed by atoms with Crippen molar-refractivity contribution in [3.8, 4) is 11.8 Å². The highest BCUT2D eigenvalue weighted by molar-refractivity contribution is 5.93. The molecule has 0 unspecified atom stereocenters. The van der Waals surface area contributed by atoms with Crippen molar-refractivity contribution in [2.75, 3.05) is 19.6 Å². The minimum atomic E-state index is -0.180. The largest absolute Gasteiger partial charge is 0.345 e. The van der Waals surface area contributed by atoms with E-state index in [0.29, 0.717) is 6.54 Å². The molecule has 0 atom stereocenters. The molecule has 0 aliphatic rings. The zero-order valence-electron chi connectivity index (χ0n) is 13.2. The number of nitrogens with one attached hydrogen (secondary N) is 1. The van der Waals surface area contributed by atoms with Gasteiger partial charge in [0.05, 0.1) is 0 Å². The molecule has 0 saturated heterocycles. The summed E-state index contributed by atoms with van der Waals surface area (Å²) in [5.41, 5.74) is 1.34. The average Bonchev–Trinajstić information content (AvgIpc) is 2.50. The fourth-order valence-corrected chi connectivity index (χ4v) is 2.16. The molecule has 1 N–H and O–H groups in total. The zero-order valence-corrected chi connectivity index (χ0v) is 13.2. The van der Waals surface area contributed by atoms with Crippen molar-refractivity contribution in [2.45, 2.75) is 39.7 Å². The molecule has 0 heterocycles. The van der Waals surface area contributed by atoms with Crippen LogP contribution in [0.2, 0.25) is 0 Å². The van der Waals surface area contributed by atoms with Crippen molar-refractivity contribution in [3.05, 3.63) is 35.9 Å². The molecule has 0 radical (unpaired) electrons. The molecule has 1 rings (SSSR count). The van der Waals surface area contributed by atoms with Gasteiger partial charge in [0, 0.05) is 19.6 Å². The molecule has 3 heteroatoms. The van der Waals surface area contributed by atoms with Gasteiger partial charge in [0.2, 0.25) is 0 Å². The minimum Gasteiger partial charge on any atom is -0.345 e. The number of carbonyl (C=O) groups excluding carboxylic acids is 1. The Morgan fingerprint density at radius 1 is 1.19 bits per heavy atom. The van der Waals surface area contributed by atoms with Gasteiger partial charge in [-0.25, -0.2) is 0 Å². The summed E-state index contributed by atoms with van der Waals surface area (Å²) in [4.78, 5) is 13.7. The highest BCUT2D eigenvalue weighted by atomic mass is 16.1. The van der Waals surface area contributed by atoms with Gasteiger partial charge < -0.3 is 5.32 Å². The van der Waals surface area contributed by atoms with E-state index in [-0.39, 0.29) is 5.91 Å². The molecule has 0 aliphatic heterocycles. The van der Waals surface area contributed by atoms with Gasteiger partial charge in [-0.1, -0.05) is 49.6 Å². The summed E-state index contributed by atoms with van der Waals surface area (Å²) in [6, 6.07) is 10.5. The number of rotatable bonds is 9. The average molecular weight is 286 g/mol. The van der Waals surface area contributed by atoms with E-state index in [1.165, 1.54) is 18.4 Å². The fourth-order valence-electron chi connectivity index (χ4n) is 2.16. The second-order valence-corrected chi connectivity index (χ2v) is 5.10. The Morgan fingerprint density at radius 2 is 1.90 bits per heavy atom. The van der Waals surface area contributed by atoms with Gasteiger partial charge in [-0.2, -0.15) is 0 Å². The third-order valence-corrected chi connectivity index (χ3v) is 3.25. The van der Waals surface area contributed by atoms with Crippen LogP contribution in [0.3, 0.4) is 0 Å². The van der Waals surface area contributed by atoms with Gasteiger partial charge in [0.15, 0.2) is 0 Å². The monoisotopic (exact) mass is 286 g/mol. The molecule has 1 amide bonds. The Morgan fingerprint density at radius 3 is 2.57 bits per heavy atom. The molecule has 21 heavy (non-hydrogen) atoms. The molecule has 0 aliphatic carbocycles. The smallest absolute Gasteiger partial charge is 0.295 e. The summed E-state index contributed by atoms with van der Waals surface area (Å²) in [7, 11) is 0. The summed E-state index contributed by atoms with van der Waals surface area (Å²) < 4.78 is 0. The summed E-state index contributed by atoms with van der Waals surface area (Å²) in [5.74, 6) is 4.92. The normalized spacial score (nSPS) is 10.0. The van der Waals surface area contributed by atoms with Gasteiger partial charge in [0.25, 0.3) is 5.91 Å². The zero-order chi connectivity index (χ0) is 15.3. The van der Waals surface area contributed by atoms with E-state index >= 15 is 0 Å². The van der Waals surface area contributed by atoms with Crippen LogP contribution < -0.4 is 5.32 Å². The quantitative estimate of drug-likeness (QED) is 0.559. The van der Waals surface area contributed by atoms with E-state index < -0.39 is 0 Å². The Kier molecular flexibility index (Phi) is 8.99. The second kappa shape index (κ2) is 10.9. The fraction of sp³-hybridized carbons (Fsp3) is 0.500. The maximum atomic E-state index is 11.3. The molecule has 1 aromatic carbocycles. The molecule has 0 fully saturated rings. The Labute approximate surface area is 128 Å². The van der Waals surface area contributed by atoms with Crippen molar-refractivity contribution in [1.29, 1.82) is 0 Å². The first-order valence-corrected chi connectivity index (χ1v) is 7.73. The SMILES string of the molecule is CC#CC(=O)NCCCN(CCCC)Cc1ccccc1. The molecule has 1 aromatic rings. The number of hydrogen-bond acceptors (Lipinski definition) is 2. The van der Waals surface area contributed by atoms with Crippen LogP contribution in [-0.2, 0) is 11.3 Å². The first kappa shape index (κ1) is 17.3. The molecule has 0 bridgehead atoms. The van der Waals surface area contributed by atoms with Crippen LogP contribution in [0.15, 0.2) is 30.3 Å². The van der Waals surface area contributed by atoms with Crippen molar-refractivity contribution in [2.24, 2.45) is 0 Å². The second-order valence-electron chi connectivity index (χ2n) is 5.10. The van der Waals surface area contributed by atoms with Crippen LogP contribution in [0.25, 0.3) is 0 Å². The molecule has 114 valence electrons. The third kappa shape index (κ3) is 8.16. The first-order valence-electron chi connectivity index (χ1n) is 7.73. The number of nitrogens with zero attached hydrogens (tertiary/aromatic N) is 1. The van der Waals surface area contributed by atoms with Crippen molar-refractivity contribution < 1.29 is 4.79 Å². The lowest BCUT2D eigenvalue weighted by Gasteiger charge is -2.22. The van der Waals surface area contributed by atoms with E-state index in [0.717, 1.165) is 26.1 Å². The molecule has 0 saturated carbocycles. The van der Waals surface area contributed by atoms with Crippen LogP contribution >= 0.6 is 0 Å². The van der Waals surface area contributed by atoms with Gasteiger partial charge in [0.1, 0.15) is 0 Å². The maximum absolute atomic E-state index is 11.3. The first-order chi connectivity index (χ1) is 10.3. The third-order valence-electron chi connectivity index (χ3n) is 3.25. The molecule has 3 nitrogen and oxygen atoms in total. The van der Waals surface area contributed by atoms with Crippen molar-refractivity contribution >= 4 is 5.91 Å².